The minimum absolute atomic E-state index is 0.152. The van der Waals surface area contributed by atoms with E-state index in [1.807, 2.05) is 23.6 Å². The number of carbonyl (C=O) groups excluding carboxylic acids is 1. The molecule has 3 heterocycles. The van der Waals surface area contributed by atoms with Crippen molar-refractivity contribution in [2.75, 3.05) is 19.6 Å². The van der Waals surface area contributed by atoms with Crippen LogP contribution in [0.2, 0.25) is 0 Å². The number of amides is 1. The molecule has 2 atom stereocenters. The first-order chi connectivity index (χ1) is 12.1. The van der Waals surface area contributed by atoms with Gasteiger partial charge >= 0.3 is 0 Å². The van der Waals surface area contributed by atoms with E-state index >= 15 is 0 Å². The van der Waals surface area contributed by atoms with Crippen LogP contribution in [-0.2, 0) is 19.5 Å². The molecule has 1 saturated heterocycles. The smallest absolute Gasteiger partial charge is 0.289 e. The Balaban J connectivity index is 1.45. The molecule has 1 aromatic carbocycles. The summed E-state index contributed by atoms with van der Waals surface area (Å²) in [7, 11) is 0. The predicted molar refractivity (Wildman–Crippen MR) is 90.4 cm³/mol. The lowest BCUT2D eigenvalue weighted by atomic mass is 9.89. The Hall–Kier alpha value is -2.28. The van der Waals surface area contributed by atoms with Gasteiger partial charge in [-0.15, -0.1) is 10.2 Å². The van der Waals surface area contributed by atoms with Crippen molar-refractivity contribution < 1.29 is 9.18 Å². The number of carbonyl (C=O) groups is 1. The number of benzene rings is 1. The quantitative estimate of drug-likeness (QED) is 0.913. The first kappa shape index (κ1) is 16.2. The Labute approximate surface area is 146 Å². The van der Waals surface area contributed by atoms with Crippen LogP contribution in [0.3, 0.4) is 0 Å². The number of fused-ring (bicyclic) bond motifs is 2. The molecule has 1 N–H and O–H groups in total. The number of hydrogen-bond donors (Lipinski definition) is 1. The summed E-state index contributed by atoms with van der Waals surface area (Å²) in [6.45, 7) is 6.08. The Morgan fingerprint density at radius 2 is 1.96 bits per heavy atom. The zero-order chi connectivity index (χ0) is 17.4. The Kier molecular flexibility index (Phi) is 4.25. The molecule has 0 aliphatic carbocycles. The molecule has 6 nitrogen and oxygen atoms in total. The monoisotopic (exact) mass is 343 g/mol. The van der Waals surface area contributed by atoms with E-state index < -0.39 is 0 Å². The van der Waals surface area contributed by atoms with E-state index in [0.717, 1.165) is 44.0 Å². The van der Waals surface area contributed by atoms with Crippen LogP contribution in [0.15, 0.2) is 24.3 Å². The van der Waals surface area contributed by atoms with Gasteiger partial charge in [0.05, 0.1) is 0 Å². The van der Waals surface area contributed by atoms with Gasteiger partial charge < -0.3 is 9.88 Å². The summed E-state index contributed by atoms with van der Waals surface area (Å²) in [4.78, 5) is 14.5. The lowest BCUT2D eigenvalue weighted by Crippen LogP contribution is -2.33. The van der Waals surface area contributed by atoms with Crippen molar-refractivity contribution in [1.29, 1.82) is 0 Å². The maximum absolute atomic E-state index is 13.1. The Morgan fingerprint density at radius 1 is 1.20 bits per heavy atom. The van der Waals surface area contributed by atoms with Crippen molar-refractivity contribution in [3.63, 3.8) is 0 Å². The molecule has 0 saturated carbocycles. The van der Waals surface area contributed by atoms with Crippen LogP contribution >= 0.6 is 0 Å². The van der Waals surface area contributed by atoms with Crippen molar-refractivity contribution in [3.05, 3.63) is 47.3 Å². The van der Waals surface area contributed by atoms with Gasteiger partial charge in [-0.25, -0.2) is 4.39 Å². The molecule has 7 heteroatoms. The summed E-state index contributed by atoms with van der Waals surface area (Å²) in [6, 6.07) is 6.72. The summed E-state index contributed by atoms with van der Waals surface area (Å²) in [6.07, 6.45) is 0.858. The molecule has 0 spiro atoms. The molecule has 2 aromatic rings. The van der Waals surface area contributed by atoms with Gasteiger partial charge in [-0.2, -0.15) is 0 Å². The SMILES string of the molecule is CCNC(=O)c1nnc2n1CC1CN(Cc3ccc(F)cc3)CC1C2. The van der Waals surface area contributed by atoms with E-state index in [0.29, 0.717) is 24.2 Å². The largest absolute Gasteiger partial charge is 0.350 e. The maximum Gasteiger partial charge on any atom is 0.289 e. The fraction of sp³-hybridized carbons (Fsp3) is 0.500. The summed E-state index contributed by atoms with van der Waals surface area (Å²) in [5, 5.41) is 11.1. The minimum atomic E-state index is -0.199. The second kappa shape index (κ2) is 6.55. The van der Waals surface area contributed by atoms with Crippen LogP contribution in [0.25, 0.3) is 0 Å². The zero-order valence-corrected chi connectivity index (χ0v) is 14.3. The molecule has 2 unspecified atom stereocenters. The molecular weight excluding hydrogens is 321 g/mol. The predicted octanol–water partition coefficient (Wildman–Crippen LogP) is 1.47. The lowest BCUT2D eigenvalue weighted by Gasteiger charge is -2.25. The Morgan fingerprint density at radius 3 is 2.72 bits per heavy atom. The topological polar surface area (TPSA) is 63.1 Å². The highest BCUT2D eigenvalue weighted by atomic mass is 19.1. The van der Waals surface area contributed by atoms with E-state index in [1.54, 1.807) is 0 Å². The second-order valence-corrected chi connectivity index (χ2v) is 6.95. The second-order valence-electron chi connectivity index (χ2n) is 6.95. The molecule has 2 aliphatic rings. The standard InChI is InChI=1S/C18H22FN5O/c1-2-20-18(25)17-22-21-16-7-13-9-23(10-14(13)11-24(16)17)8-12-3-5-15(19)6-4-12/h3-6,13-14H,2,7-11H2,1H3,(H,20,25). The molecule has 1 aromatic heterocycles. The molecule has 25 heavy (non-hydrogen) atoms. The van der Waals surface area contributed by atoms with Crippen LogP contribution in [0.1, 0.15) is 28.9 Å². The molecule has 2 aliphatic heterocycles. The van der Waals surface area contributed by atoms with Crippen LogP contribution in [0.5, 0.6) is 0 Å². The van der Waals surface area contributed by atoms with Gasteiger partial charge in [-0.05, 0) is 36.5 Å². The van der Waals surface area contributed by atoms with Gasteiger partial charge in [-0.3, -0.25) is 9.69 Å². The molecule has 0 bridgehead atoms. The minimum Gasteiger partial charge on any atom is -0.350 e. The third kappa shape index (κ3) is 3.16. The average molecular weight is 343 g/mol. The molecule has 132 valence electrons. The van der Waals surface area contributed by atoms with Crippen molar-refractivity contribution in [2.24, 2.45) is 11.8 Å². The fourth-order valence-corrected chi connectivity index (χ4v) is 4.01. The highest BCUT2D eigenvalue weighted by Gasteiger charge is 2.38. The van der Waals surface area contributed by atoms with Crippen molar-refractivity contribution in [2.45, 2.75) is 26.4 Å². The maximum atomic E-state index is 13.1. The van der Waals surface area contributed by atoms with Gasteiger partial charge in [0.1, 0.15) is 11.6 Å². The number of likely N-dealkylation sites (tertiary alicyclic amines) is 1. The van der Waals surface area contributed by atoms with E-state index in [-0.39, 0.29) is 11.7 Å². The third-order valence-corrected chi connectivity index (χ3v) is 5.20. The van der Waals surface area contributed by atoms with Crippen LogP contribution < -0.4 is 5.32 Å². The van der Waals surface area contributed by atoms with E-state index in [4.69, 9.17) is 0 Å². The van der Waals surface area contributed by atoms with E-state index in [2.05, 4.69) is 20.4 Å². The van der Waals surface area contributed by atoms with Crippen molar-refractivity contribution in [1.82, 2.24) is 25.0 Å². The number of rotatable bonds is 4. The number of aromatic nitrogens is 3. The van der Waals surface area contributed by atoms with Gasteiger partial charge in [0.15, 0.2) is 0 Å². The Bertz CT molecular complexity index is 772. The fourth-order valence-electron chi connectivity index (χ4n) is 4.01. The van der Waals surface area contributed by atoms with Gasteiger partial charge in [-0.1, -0.05) is 12.1 Å². The highest BCUT2D eigenvalue weighted by molar-refractivity contribution is 5.90. The molecule has 4 rings (SSSR count). The van der Waals surface area contributed by atoms with Crippen molar-refractivity contribution >= 4 is 5.91 Å². The molecule has 1 fully saturated rings. The number of halogens is 1. The zero-order valence-electron chi connectivity index (χ0n) is 14.3. The number of nitrogens with one attached hydrogen (secondary N) is 1. The molecule has 1 amide bonds. The average Bonchev–Trinajstić information content (AvgIpc) is 3.17. The highest BCUT2D eigenvalue weighted by Crippen LogP contribution is 2.33. The van der Waals surface area contributed by atoms with Crippen LogP contribution in [0, 0.1) is 17.7 Å². The lowest BCUT2D eigenvalue weighted by molar-refractivity contribution is 0.0937. The first-order valence-corrected chi connectivity index (χ1v) is 8.81. The summed E-state index contributed by atoms with van der Waals surface area (Å²) >= 11 is 0. The number of hydrogen-bond acceptors (Lipinski definition) is 4. The first-order valence-electron chi connectivity index (χ1n) is 8.81. The summed E-state index contributed by atoms with van der Waals surface area (Å²) in [5.74, 6) is 2.02. The number of nitrogens with zero attached hydrogens (tertiary/aromatic N) is 4. The summed E-state index contributed by atoms with van der Waals surface area (Å²) < 4.78 is 15.0. The summed E-state index contributed by atoms with van der Waals surface area (Å²) in [5.41, 5.74) is 1.13. The van der Waals surface area contributed by atoms with E-state index in [1.165, 1.54) is 12.1 Å². The van der Waals surface area contributed by atoms with Gasteiger partial charge in [0.2, 0.25) is 5.82 Å². The third-order valence-electron chi connectivity index (χ3n) is 5.20. The normalized spacial score (nSPS) is 22.5. The molecule has 0 radical (unpaired) electrons. The molecular formula is C18H22FN5O. The van der Waals surface area contributed by atoms with Gasteiger partial charge in [0.25, 0.3) is 5.91 Å². The van der Waals surface area contributed by atoms with Crippen LogP contribution in [0.4, 0.5) is 4.39 Å². The van der Waals surface area contributed by atoms with Crippen LogP contribution in [-0.4, -0.2) is 45.2 Å². The van der Waals surface area contributed by atoms with Gasteiger partial charge in [0, 0.05) is 39.1 Å². The van der Waals surface area contributed by atoms with Crippen molar-refractivity contribution in [3.8, 4) is 0 Å². The van der Waals surface area contributed by atoms with E-state index in [9.17, 15) is 9.18 Å².